The van der Waals surface area contributed by atoms with Crippen molar-refractivity contribution in [2.45, 2.75) is 38.7 Å². The molecule has 0 saturated carbocycles. The molecule has 15 heavy (non-hydrogen) atoms. The van der Waals surface area contributed by atoms with Crippen molar-refractivity contribution in [3.63, 3.8) is 0 Å². The molecule has 3 heteroatoms. The minimum atomic E-state index is 0.363. The maximum Gasteiger partial charge on any atom is 0.0703 e. The van der Waals surface area contributed by atoms with Crippen LogP contribution in [0.1, 0.15) is 32.6 Å². The number of rotatable bonds is 7. The van der Waals surface area contributed by atoms with Crippen molar-refractivity contribution >= 4 is 0 Å². The van der Waals surface area contributed by atoms with E-state index in [1.54, 1.807) is 7.11 Å². The third-order valence-corrected chi connectivity index (χ3v) is 2.99. The molecule has 1 saturated heterocycles. The molecule has 1 fully saturated rings. The van der Waals surface area contributed by atoms with E-state index in [-0.39, 0.29) is 0 Å². The van der Waals surface area contributed by atoms with Gasteiger partial charge in [-0.25, -0.2) is 0 Å². The van der Waals surface area contributed by atoms with Crippen LogP contribution >= 0.6 is 0 Å². The maximum atomic E-state index is 5.62. The van der Waals surface area contributed by atoms with Crippen molar-refractivity contribution in [1.29, 1.82) is 0 Å². The lowest BCUT2D eigenvalue weighted by atomic mass is 10.1. The largest absolute Gasteiger partial charge is 0.382 e. The summed E-state index contributed by atoms with van der Waals surface area (Å²) >= 11 is 0. The lowest BCUT2D eigenvalue weighted by molar-refractivity contribution is 0.0171. The zero-order chi connectivity index (χ0) is 10.9. The molecule has 3 nitrogen and oxygen atoms in total. The van der Waals surface area contributed by atoms with Crippen molar-refractivity contribution < 1.29 is 9.47 Å². The Labute approximate surface area is 93.7 Å². The van der Waals surface area contributed by atoms with E-state index < -0.39 is 0 Å². The lowest BCUT2D eigenvalue weighted by Gasteiger charge is -2.27. The monoisotopic (exact) mass is 215 g/mol. The highest BCUT2D eigenvalue weighted by molar-refractivity contribution is 4.65. The van der Waals surface area contributed by atoms with Crippen LogP contribution in [0.5, 0.6) is 0 Å². The van der Waals surface area contributed by atoms with Gasteiger partial charge in [0.05, 0.1) is 19.3 Å². The van der Waals surface area contributed by atoms with Gasteiger partial charge < -0.3 is 14.4 Å². The Kier molecular flexibility index (Phi) is 6.98. The molecule has 0 spiro atoms. The highest BCUT2D eigenvalue weighted by Gasteiger charge is 2.11. The fourth-order valence-corrected chi connectivity index (χ4v) is 1.96. The minimum absolute atomic E-state index is 0.363. The number of nitrogens with zero attached hydrogens (tertiary/aromatic N) is 1. The van der Waals surface area contributed by atoms with E-state index in [0.717, 1.165) is 13.0 Å². The second-order valence-electron chi connectivity index (χ2n) is 4.37. The Morgan fingerprint density at radius 1 is 1.13 bits per heavy atom. The predicted molar refractivity (Wildman–Crippen MR) is 62.2 cm³/mol. The molecule has 0 aromatic heterocycles. The Morgan fingerprint density at radius 2 is 1.87 bits per heavy atom. The summed E-state index contributed by atoms with van der Waals surface area (Å²) in [5, 5.41) is 0. The van der Waals surface area contributed by atoms with Gasteiger partial charge in [-0.2, -0.15) is 0 Å². The zero-order valence-corrected chi connectivity index (χ0v) is 10.2. The van der Waals surface area contributed by atoms with Crippen LogP contribution in [0, 0.1) is 0 Å². The Balaban J connectivity index is 1.97. The zero-order valence-electron chi connectivity index (χ0n) is 10.2. The fourth-order valence-electron chi connectivity index (χ4n) is 1.96. The molecule has 1 atom stereocenters. The topological polar surface area (TPSA) is 21.7 Å². The summed E-state index contributed by atoms with van der Waals surface area (Å²) in [4.78, 5) is 2.56. The second-order valence-corrected chi connectivity index (χ2v) is 4.37. The lowest BCUT2D eigenvalue weighted by Crippen LogP contribution is -2.32. The van der Waals surface area contributed by atoms with Gasteiger partial charge in [0.1, 0.15) is 0 Å². The van der Waals surface area contributed by atoms with E-state index in [0.29, 0.717) is 12.7 Å². The first kappa shape index (κ1) is 12.9. The average molecular weight is 215 g/mol. The van der Waals surface area contributed by atoms with Crippen molar-refractivity contribution in [2.75, 3.05) is 40.0 Å². The van der Waals surface area contributed by atoms with Crippen molar-refractivity contribution in [1.82, 2.24) is 4.90 Å². The number of likely N-dealkylation sites (tertiary alicyclic amines) is 1. The number of hydrogen-bond donors (Lipinski definition) is 0. The second kappa shape index (κ2) is 8.08. The third-order valence-electron chi connectivity index (χ3n) is 2.99. The van der Waals surface area contributed by atoms with Crippen molar-refractivity contribution in [3.05, 3.63) is 0 Å². The molecule has 0 aromatic rings. The predicted octanol–water partition coefficient (Wildman–Crippen LogP) is 1.91. The molecule has 90 valence electrons. The molecule has 1 rings (SSSR count). The van der Waals surface area contributed by atoms with Gasteiger partial charge in [0.15, 0.2) is 0 Å². The van der Waals surface area contributed by atoms with E-state index >= 15 is 0 Å². The summed E-state index contributed by atoms with van der Waals surface area (Å²) in [6, 6.07) is 0. The van der Waals surface area contributed by atoms with Crippen LogP contribution < -0.4 is 0 Å². The molecule has 1 heterocycles. The van der Waals surface area contributed by atoms with Crippen LogP contribution in [0.4, 0.5) is 0 Å². The SMILES string of the molecule is COCCOC(C)CCN1CCCCC1. The van der Waals surface area contributed by atoms with Crippen LogP contribution in [0.3, 0.4) is 0 Å². The molecule has 0 aliphatic carbocycles. The number of piperidine rings is 1. The summed E-state index contributed by atoms with van der Waals surface area (Å²) in [5.41, 5.74) is 0. The maximum absolute atomic E-state index is 5.62. The molecule has 0 amide bonds. The van der Waals surface area contributed by atoms with Gasteiger partial charge in [0, 0.05) is 13.7 Å². The number of methoxy groups -OCH3 is 1. The first-order valence-electron chi connectivity index (χ1n) is 6.16. The van der Waals surface area contributed by atoms with Crippen LogP contribution in [0.25, 0.3) is 0 Å². The first-order chi connectivity index (χ1) is 7.33. The average Bonchev–Trinajstić information content (AvgIpc) is 2.28. The van der Waals surface area contributed by atoms with E-state index in [4.69, 9.17) is 9.47 Å². The van der Waals surface area contributed by atoms with Gasteiger partial charge in [-0.1, -0.05) is 6.42 Å². The molecule has 0 radical (unpaired) electrons. The summed E-state index contributed by atoms with van der Waals surface area (Å²) < 4.78 is 10.6. The molecular formula is C12H25NO2. The van der Waals surface area contributed by atoms with Gasteiger partial charge in [0.2, 0.25) is 0 Å². The van der Waals surface area contributed by atoms with E-state index in [2.05, 4.69) is 11.8 Å². The molecule has 0 bridgehead atoms. The summed E-state index contributed by atoms with van der Waals surface area (Å²) in [5.74, 6) is 0. The molecule has 1 unspecified atom stereocenters. The fraction of sp³-hybridized carbons (Fsp3) is 1.00. The highest BCUT2D eigenvalue weighted by atomic mass is 16.5. The molecular weight excluding hydrogens is 190 g/mol. The van der Waals surface area contributed by atoms with Gasteiger partial charge >= 0.3 is 0 Å². The van der Waals surface area contributed by atoms with Crippen LogP contribution in [-0.4, -0.2) is 51.0 Å². The molecule has 1 aliphatic rings. The van der Waals surface area contributed by atoms with Crippen LogP contribution in [0.2, 0.25) is 0 Å². The third kappa shape index (κ3) is 6.13. The molecule has 1 aliphatic heterocycles. The number of hydrogen-bond acceptors (Lipinski definition) is 3. The molecule has 0 N–H and O–H groups in total. The quantitative estimate of drug-likeness (QED) is 0.606. The van der Waals surface area contributed by atoms with Crippen molar-refractivity contribution in [2.24, 2.45) is 0 Å². The Morgan fingerprint density at radius 3 is 2.53 bits per heavy atom. The smallest absolute Gasteiger partial charge is 0.0703 e. The summed E-state index contributed by atoms with van der Waals surface area (Å²) in [6.07, 6.45) is 5.67. The molecule has 0 aromatic carbocycles. The highest BCUT2D eigenvalue weighted by Crippen LogP contribution is 2.10. The minimum Gasteiger partial charge on any atom is -0.382 e. The first-order valence-corrected chi connectivity index (χ1v) is 6.16. The van der Waals surface area contributed by atoms with Gasteiger partial charge in [-0.05, 0) is 39.3 Å². The standard InChI is InChI=1S/C12H25NO2/c1-12(15-11-10-14-2)6-9-13-7-4-3-5-8-13/h12H,3-11H2,1-2H3. The van der Waals surface area contributed by atoms with Crippen molar-refractivity contribution in [3.8, 4) is 0 Å². The van der Waals surface area contributed by atoms with Crippen LogP contribution in [0.15, 0.2) is 0 Å². The van der Waals surface area contributed by atoms with E-state index in [1.165, 1.54) is 38.9 Å². The Hall–Kier alpha value is -0.120. The summed E-state index contributed by atoms with van der Waals surface area (Å²) in [7, 11) is 1.71. The van der Waals surface area contributed by atoms with E-state index in [9.17, 15) is 0 Å². The number of ether oxygens (including phenoxy) is 2. The normalized spacial score (nSPS) is 20.4. The van der Waals surface area contributed by atoms with Gasteiger partial charge in [0.25, 0.3) is 0 Å². The van der Waals surface area contributed by atoms with Gasteiger partial charge in [-0.3, -0.25) is 0 Å². The van der Waals surface area contributed by atoms with Crippen LogP contribution in [-0.2, 0) is 9.47 Å². The Bertz CT molecular complexity index is 147. The van der Waals surface area contributed by atoms with Gasteiger partial charge in [-0.15, -0.1) is 0 Å². The summed E-state index contributed by atoms with van der Waals surface area (Å²) in [6.45, 7) is 7.33. The van der Waals surface area contributed by atoms with E-state index in [1.807, 2.05) is 0 Å².